The fourth-order valence-corrected chi connectivity index (χ4v) is 4.04. The molecule has 0 bridgehead atoms. The van der Waals surface area contributed by atoms with E-state index in [4.69, 9.17) is 4.74 Å². The lowest BCUT2D eigenvalue weighted by Gasteiger charge is -2.33. The summed E-state index contributed by atoms with van der Waals surface area (Å²) in [6, 6.07) is 13.0. The van der Waals surface area contributed by atoms with Crippen LogP contribution in [0, 0.1) is 12.7 Å². The lowest BCUT2D eigenvalue weighted by molar-refractivity contribution is -0.0228. The zero-order chi connectivity index (χ0) is 19.5. The highest BCUT2D eigenvalue weighted by atomic mass is 19.1. The van der Waals surface area contributed by atoms with Gasteiger partial charge < -0.3 is 9.64 Å². The molecule has 1 unspecified atom stereocenters. The van der Waals surface area contributed by atoms with E-state index in [0.29, 0.717) is 30.8 Å². The number of carbonyl (C=O) groups is 1. The van der Waals surface area contributed by atoms with Crippen molar-refractivity contribution in [3.63, 3.8) is 0 Å². The Morgan fingerprint density at radius 3 is 2.57 bits per heavy atom. The first kappa shape index (κ1) is 19.1. The monoisotopic (exact) mass is 382 g/mol. The summed E-state index contributed by atoms with van der Waals surface area (Å²) in [4.78, 5) is 17.2. The van der Waals surface area contributed by atoms with Gasteiger partial charge in [0.05, 0.1) is 13.2 Å². The lowest BCUT2D eigenvalue weighted by Crippen LogP contribution is -2.42. The largest absolute Gasteiger partial charge is 0.370 e. The Morgan fingerprint density at radius 2 is 1.86 bits per heavy atom. The van der Waals surface area contributed by atoms with Crippen LogP contribution in [-0.2, 0) is 11.3 Å². The molecule has 0 radical (unpaired) electrons. The van der Waals surface area contributed by atoms with Gasteiger partial charge in [-0.05, 0) is 67.7 Å². The standard InChI is InChI=1S/C23H27FN2O2/c1-17-14-20(8-9-21(17)24)22-16-26(12-13-28-22)23(27)19-6-4-18(5-7-19)15-25-10-2-3-11-25/h4-9,14,22H,2-3,10-13,15-16H2,1H3. The van der Waals surface area contributed by atoms with Crippen LogP contribution < -0.4 is 0 Å². The Morgan fingerprint density at radius 1 is 1.11 bits per heavy atom. The average Bonchev–Trinajstić information content (AvgIpc) is 3.23. The first-order valence-corrected chi connectivity index (χ1v) is 10.1. The van der Waals surface area contributed by atoms with Crippen LogP contribution in [0.4, 0.5) is 4.39 Å². The van der Waals surface area contributed by atoms with E-state index < -0.39 is 0 Å². The van der Waals surface area contributed by atoms with E-state index in [2.05, 4.69) is 17.0 Å². The number of ether oxygens (including phenoxy) is 1. The smallest absolute Gasteiger partial charge is 0.254 e. The van der Waals surface area contributed by atoms with Crippen LogP contribution in [0.15, 0.2) is 42.5 Å². The molecule has 0 aromatic heterocycles. The molecule has 2 aliphatic heterocycles. The number of carbonyl (C=O) groups excluding carboxylic acids is 1. The molecule has 2 saturated heterocycles. The van der Waals surface area contributed by atoms with Crippen molar-refractivity contribution >= 4 is 5.91 Å². The van der Waals surface area contributed by atoms with E-state index in [9.17, 15) is 9.18 Å². The number of benzene rings is 2. The van der Waals surface area contributed by atoms with Crippen molar-refractivity contribution in [3.05, 3.63) is 70.5 Å². The summed E-state index contributed by atoms with van der Waals surface area (Å²) in [5, 5.41) is 0. The summed E-state index contributed by atoms with van der Waals surface area (Å²) in [5.41, 5.74) is 3.47. The van der Waals surface area contributed by atoms with E-state index in [-0.39, 0.29) is 17.8 Å². The number of morpholine rings is 1. The minimum atomic E-state index is -0.221. The summed E-state index contributed by atoms with van der Waals surface area (Å²) >= 11 is 0. The van der Waals surface area contributed by atoms with Crippen molar-refractivity contribution in [2.45, 2.75) is 32.4 Å². The minimum Gasteiger partial charge on any atom is -0.370 e. The number of aryl methyl sites for hydroxylation is 1. The quantitative estimate of drug-likeness (QED) is 0.803. The molecule has 5 heteroatoms. The van der Waals surface area contributed by atoms with Crippen molar-refractivity contribution in [1.29, 1.82) is 0 Å². The Kier molecular flexibility index (Phi) is 5.74. The van der Waals surface area contributed by atoms with E-state index >= 15 is 0 Å². The number of hydrogen-bond donors (Lipinski definition) is 0. The molecular weight excluding hydrogens is 355 g/mol. The maximum atomic E-state index is 13.5. The predicted molar refractivity (Wildman–Crippen MR) is 107 cm³/mol. The second kappa shape index (κ2) is 8.41. The molecule has 4 nitrogen and oxygen atoms in total. The van der Waals surface area contributed by atoms with Gasteiger partial charge in [0, 0.05) is 18.7 Å². The van der Waals surface area contributed by atoms with Gasteiger partial charge in [0.1, 0.15) is 11.9 Å². The van der Waals surface area contributed by atoms with Gasteiger partial charge in [-0.15, -0.1) is 0 Å². The molecule has 2 heterocycles. The van der Waals surface area contributed by atoms with Gasteiger partial charge in [-0.25, -0.2) is 4.39 Å². The van der Waals surface area contributed by atoms with E-state index in [1.165, 1.54) is 37.6 Å². The highest BCUT2D eigenvalue weighted by Gasteiger charge is 2.26. The zero-order valence-electron chi connectivity index (χ0n) is 16.4. The van der Waals surface area contributed by atoms with E-state index in [1.54, 1.807) is 19.1 Å². The molecular formula is C23H27FN2O2. The third-order valence-corrected chi connectivity index (χ3v) is 5.71. The number of nitrogens with zero attached hydrogens (tertiary/aromatic N) is 2. The number of likely N-dealkylation sites (tertiary alicyclic amines) is 1. The zero-order valence-corrected chi connectivity index (χ0v) is 16.4. The van der Waals surface area contributed by atoms with Gasteiger partial charge in [-0.2, -0.15) is 0 Å². The topological polar surface area (TPSA) is 32.8 Å². The molecule has 0 saturated carbocycles. The average molecular weight is 382 g/mol. The first-order valence-electron chi connectivity index (χ1n) is 10.1. The van der Waals surface area contributed by atoms with Crippen molar-refractivity contribution in [2.75, 3.05) is 32.8 Å². The van der Waals surface area contributed by atoms with Crippen molar-refractivity contribution in [1.82, 2.24) is 9.80 Å². The molecule has 28 heavy (non-hydrogen) atoms. The van der Waals surface area contributed by atoms with Crippen LogP contribution >= 0.6 is 0 Å². The lowest BCUT2D eigenvalue weighted by atomic mass is 10.0. The second-order valence-electron chi connectivity index (χ2n) is 7.80. The Bertz CT molecular complexity index is 831. The fourth-order valence-electron chi connectivity index (χ4n) is 4.04. The number of hydrogen-bond acceptors (Lipinski definition) is 3. The number of rotatable bonds is 4. The van der Waals surface area contributed by atoms with Gasteiger partial charge in [-0.3, -0.25) is 9.69 Å². The SMILES string of the molecule is Cc1cc(C2CN(C(=O)c3ccc(CN4CCCC4)cc3)CCO2)ccc1F. The summed E-state index contributed by atoms with van der Waals surface area (Å²) in [6.45, 7) is 6.58. The normalized spacial score (nSPS) is 20.5. The third kappa shape index (κ3) is 4.26. The van der Waals surface area contributed by atoms with Gasteiger partial charge in [0.15, 0.2) is 0 Å². The van der Waals surface area contributed by atoms with E-state index in [1.807, 2.05) is 17.0 Å². The van der Waals surface area contributed by atoms with Crippen LogP contribution in [0.2, 0.25) is 0 Å². The van der Waals surface area contributed by atoms with Crippen LogP contribution in [-0.4, -0.2) is 48.5 Å². The summed E-state index contributed by atoms with van der Waals surface area (Å²) in [6.07, 6.45) is 2.34. The molecule has 4 rings (SSSR count). The Balaban J connectivity index is 1.41. The maximum absolute atomic E-state index is 13.5. The predicted octanol–water partition coefficient (Wildman–Crippen LogP) is 3.94. The Hall–Kier alpha value is -2.24. The highest BCUT2D eigenvalue weighted by molar-refractivity contribution is 5.94. The molecule has 1 atom stereocenters. The van der Waals surface area contributed by atoms with Crippen molar-refractivity contribution in [2.24, 2.45) is 0 Å². The summed E-state index contributed by atoms with van der Waals surface area (Å²) in [5.74, 6) is -0.193. The molecule has 2 aromatic rings. The Labute approximate surface area is 165 Å². The molecule has 2 aromatic carbocycles. The van der Waals surface area contributed by atoms with Crippen LogP contribution in [0.3, 0.4) is 0 Å². The molecule has 2 fully saturated rings. The molecule has 0 spiro atoms. The summed E-state index contributed by atoms with van der Waals surface area (Å²) < 4.78 is 19.4. The minimum absolute atomic E-state index is 0.0276. The van der Waals surface area contributed by atoms with Crippen LogP contribution in [0.1, 0.15) is 46.0 Å². The molecule has 0 N–H and O–H groups in total. The maximum Gasteiger partial charge on any atom is 0.254 e. The molecule has 0 aliphatic carbocycles. The van der Waals surface area contributed by atoms with Crippen molar-refractivity contribution < 1.29 is 13.9 Å². The van der Waals surface area contributed by atoms with Gasteiger partial charge in [-0.1, -0.05) is 24.3 Å². The van der Waals surface area contributed by atoms with Crippen molar-refractivity contribution in [3.8, 4) is 0 Å². The second-order valence-corrected chi connectivity index (χ2v) is 7.80. The van der Waals surface area contributed by atoms with Gasteiger partial charge in [0.2, 0.25) is 0 Å². The van der Waals surface area contributed by atoms with Crippen LogP contribution in [0.25, 0.3) is 0 Å². The first-order chi connectivity index (χ1) is 13.6. The summed E-state index contributed by atoms with van der Waals surface area (Å²) in [7, 11) is 0. The van der Waals surface area contributed by atoms with Gasteiger partial charge in [0.25, 0.3) is 5.91 Å². The molecule has 1 amide bonds. The fraction of sp³-hybridized carbons (Fsp3) is 0.435. The molecule has 148 valence electrons. The molecule has 2 aliphatic rings. The van der Waals surface area contributed by atoms with E-state index in [0.717, 1.165) is 12.1 Å². The third-order valence-electron chi connectivity index (χ3n) is 5.71. The highest BCUT2D eigenvalue weighted by Crippen LogP contribution is 2.25. The number of amides is 1. The number of halogens is 1. The van der Waals surface area contributed by atoms with Crippen LogP contribution in [0.5, 0.6) is 0 Å². The van der Waals surface area contributed by atoms with Gasteiger partial charge >= 0.3 is 0 Å².